The van der Waals surface area contributed by atoms with E-state index in [9.17, 15) is 8.42 Å². The van der Waals surface area contributed by atoms with Crippen LogP contribution in [0.5, 0.6) is 0 Å². The van der Waals surface area contributed by atoms with E-state index >= 15 is 0 Å². The van der Waals surface area contributed by atoms with Crippen molar-refractivity contribution in [2.75, 3.05) is 12.4 Å². The fraction of sp³-hybridized carbons (Fsp3) is 0.615. The second-order valence-corrected chi connectivity index (χ2v) is 6.83. The second-order valence-electron chi connectivity index (χ2n) is 5.12. The summed E-state index contributed by atoms with van der Waals surface area (Å²) in [6.45, 7) is 2.11. The molecular formula is C13H21N3O2S. The maximum atomic E-state index is 12.3. The Morgan fingerprint density at radius 1 is 1.26 bits per heavy atom. The Hall–Kier alpha value is -1.14. The summed E-state index contributed by atoms with van der Waals surface area (Å²) in [6.07, 6.45) is 5.68. The molecule has 0 aliphatic heterocycles. The number of rotatable bonds is 4. The van der Waals surface area contributed by atoms with E-state index in [1.165, 1.54) is 12.6 Å². The number of sulfonamides is 1. The number of nitrogens with zero attached hydrogens (tertiary/aromatic N) is 1. The Morgan fingerprint density at radius 2 is 2.00 bits per heavy atom. The molecule has 106 valence electrons. The van der Waals surface area contributed by atoms with Crippen LogP contribution in [0.15, 0.2) is 23.2 Å². The predicted octanol–water partition coefficient (Wildman–Crippen LogP) is 1.98. The quantitative estimate of drug-likeness (QED) is 0.886. The van der Waals surface area contributed by atoms with E-state index in [4.69, 9.17) is 0 Å². The Balaban J connectivity index is 2.12. The van der Waals surface area contributed by atoms with Crippen molar-refractivity contribution in [3.05, 3.63) is 18.3 Å². The zero-order valence-corrected chi connectivity index (χ0v) is 12.2. The minimum absolute atomic E-state index is 0.0442. The molecule has 2 N–H and O–H groups in total. The van der Waals surface area contributed by atoms with E-state index in [-0.39, 0.29) is 10.9 Å². The summed E-state index contributed by atoms with van der Waals surface area (Å²) in [5.41, 5.74) is 0. The number of pyridine rings is 1. The smallest absolute Gasteiger partial charge is 0.242 e. The van der Waals surface area contributed by atoms with Gasteiger partial charge in [-0.1, -0.05) is 19.8 Å². The normalized spacial score (nSPS) is 24.1. The fourth-order valence-electron chi connectivity index (χ4n) is 2.45. The number of hydrogen-bond donors (Lipinski definition) is 2. The lowest BCUT2D eigenvalue weighted by Gasteiger charge is -2.29. The van der Waals surface area contributed by atoms with Gasteiger partial charge < -0.3 is 5.32 Å². The van der Waals surface area contributed by atoms with Gasteiger partial charge in [-0.05, 0) is 30.9 Å². The molecule has 1 aromatic heterocycles. The first-order chi connectivity index (χ1) is 9.03. The third kappa shape index (κ3) is 3.45. The number of nitrogens with one attached hydrogen (secondary N) is 2. The topological polar surface area (TPSA) is 71.1 Å². The molecule has 1 aliphatic rings. The van der Waals surface area contributed by atoms with Crippen molar-refractivity contribution in [3.8, 4) is 0 Å². The van der Waals surface area contributed by atoms with Crippen molar-refractivity contribution in [3.63, 3.8) is 0 Å². The number of anilines is 1. The third-order valence-corrected chi connectivity index (χ3v) is 5.20. The molecule has 1 heterocycles. The lowest BCUT2D eigenvalue weighted by atomic mass is 9.87. The molecule has 5 nitrogen and oxygen atoms in total. The van der Waals surface area contributed by atoms with Gasteiger partial charge in [-0.3, -0.25) is 0 Å². The third-order valence-electron chi connectivity index (χ3n) is 3.72. The van der Waals surface area contributed by atoms with Crippen LogP contribution in [-0.2, 0) is 10.0 Å². The minimum atomic E-state index is -3.46. The summed E-state index contributed by atoms with van der Waals surface area (Å²) < 4.78 is 27.4. The van der Waals surface area contributed by atoms with Crippen molar-refractivity contribution in [2.45, 2.75) is 43.5 Å². The molecule has 2 atom stereocenters. The highest BCUT2D eigenvalue weighted by molar-refractivity contribution is 7.89. The first-order valence-electron chi connectivity index (χ1n) is 6.69. The van der Waals surface area contributed by atoms with E-state index in [2.05, 4.69) is 21.9 Å². The Kier molecular flexibility index (Phi) is 4.42. The summed E-state index contributed by atoms with van der Waals surface area (Å²) in [5, 5.41) is 2.87. The highest BCUT2D eigenvalue weighted by Gasteiger charge is 2.26. The predicted molar refractivity (Wildman–Crippen MR) is 75.5 cm³/mol. The van der Waals surface area contributed by atoms with Gasteiger partial charge in [0.05, 0.1) is 0 Å². The van der Waals surface area contributed by atoms with Crippen LogP contribution in [0, 0.1) is 5.92 Å². The van der Waals surface area contributed by atoms with Crippen molar-refractivity contribution in [2.24, 2.45) is 5.92 Å². The van der Waals surface area contributed by atoms with Crippen LogP contribution < -0.4 is 10.0 Å². The zero-order valence-electron chi connectivity index (χ0n) is 11.4. The van der Waals surface area contributed by atoms with Gasteiger partial charge in [-0.15, -0.1) is 0 Å². The van der Waals surface area contributed by atoms with Crippen LogP contribution in [0.3, 0.4) is 0 Å². The monoisotopic (exact) mass is 283 g/mol. The average Bonchev–Trinajstić information content (AvgIpc) is 2.41. The molecule has 0 radical (unpaired) electrons. The molecule has 19 heavy (non-hydrogen) atoms. The van der Waals surface area contributed by atoms with Crippen molar-refractivity contribution in [1.29, 1.82) is 0 Å². The first-order valence-corrected chi connectivity index (χ1v) is 8.17. The largest absolute Gasteiger partial charge is 0.373 e. The zero-order chi connectivity index (χ0) is 13.9. The molecule has 1 aromatic rings. The Labute approximate surface area is 114 Å². The van der Waals surface area contributed by atoms with Gasteiger partial charge >= 0.3 is 0 Å². The van der Waals surface area contributed by atoms with Gasteiger partial charge in [0.1, 0.15) is 10.7 Å². The average molecular weight is 283 g/mol. The highest BCUT2D eigenvalue weighted by atomic mass is 32.2. The maximum absolute atomic E-state index is 12.3. The van der Waals surface area contributed by atoms with E-state index in [0.29, 0.717) is 11.7 Å². The van der Waals surface area contributed by atoms with Crippen molar-refractivity contribution >= 4 is 15.8 Å². The van der Waals surface area contributed by atoms with E-state index < -0.39 is 10.0 Å². The molecule has 0 bridgehead atoms. The maximum Gasteiger partial charge on any atom is 0.242 e. The van der Waals surface area contributed by atoms with Crippen LogP contribution in [0.4, 0.5) is 5.82 Å². The standard InChI is InChI=1S/C13H21N3O2S/c1-10-5-3-4-6-12(10)16-19(17,18)11-7-8-13(14-2)15-9-11/h7-10,12,16H,3-6H2,1-2H3,(H,14,15). The van der Waals surface area contributed by atoms with Gasteiger partial charge in [0.2, 0.25) is 10.0 Å². The SMILES string of the molecule is CNc1ccc(S(=O)(=O)NC2CCCCC2C)cn1. The Morgan fingerprint density at radius 3 is 2.58 bits per heavy atom. The van der Waals surface area contributed by atoms with E-state index in [1.807, 2.05) is 0 Å². The number of hydrogen-bond acceptors (Lipinski definition) is 4. The summed E-state index contributed by atoms with van der Waals surface area (Å²) in [7, 11) is -1.71. The highest BCUT2D eigenvalue weighted by Crippen LogP contribution is 2.25. The summed E-state index contributed by atoms with van der Waals surface area (Å²) in [6, 6.07) is 3.29. The number of aromatic nitrogens is 1. The van der Waals surface area contributed by atoms with Crippen molar-refractivity contribution in [1.82, 2.24) is 9.71 Å². The summed E-state index contributed by atoms with van der Waals surface area (Å²) in [5.74, 6) is 1.05. The lowest BCUT2D eigenvalue weighted by Crippen LogP contribution is -2.40. The van der Waals surface area contributed by atoms with E-state index in [0.717, 1.165) is 19.3 Å². The molecule has 1 aliphatic carbocycles. The van der Waals surface area contributed by atoms with Crippen LogP contribution in [0.25, 0.3) is 0 Å². The first kappa shape index (κ1) is 14.3. The van der Waals surface area contributed by atoms with Crippen LogP contribution in [-0.4, -0.2) is 26.5 Å². The molecule has 2 rings (SSSR count). The van der Waals surface area contributed by atoms with Crippen LogP contribution >= 0.6 is 0 Å². The fourth-order valence-corrected chi connectivity index (χ4v) is 3.77. The molecule has 1 fully saturated rings. The lowest BCUT2D eigenvalue weighted by molar-refractivity contribution is 0.310. The molecular weight excluding hydrogens is 262 g/mol. The van der Waals surface area contributed by atoms with Crippen LogP contribution in [0.2, 0.25) is 0 Å². The van der Waals surface area contributed by atoms with Crippen molar-refractivity contribution < 1.29 is 8.42 Å². The molecule has 0 aromatic carbocycles. The summed E-state index contributed by atoms with van der Waals surface area (Å²) in [4.78, 5) is 4.27. The van der Waals surface area contributed by atoms with Gasteiger partial charge in [-0.2, -0.15) is 0 Å². The molecule has 0 saturated heterocycles. The minimum Gasteiger partial charge on any atom is -0.373 e. The molecule has 1 saturated carbocycles. The molecule has 0 amide bonds. The second kappa shape index (κ2) is 5.88. The van der Waals surface area contributed by atoms with Gasteiger partial charge in [0.25, 0.3) is 0 Å². The molecule has 0 spiro atoms. The van der Waals surface area contributed by atoms with Crippen LogP contribution in [0.1, 0.15) is 32.6 Å². The van der Waals surface area contributed by atoms with Gasteiger partial charge in [0, 0.05) is 19.3 Å². The molecule has 2 unspecified atom stereocenters. The van der Waals surface area contributed by atoms with Gasteiger partial charge in [-0.25, -0.2) is 18.1 Å². The summed E-state index contributed by atoms with van der Waals surface area (Å²) >= 11 is 0. The van der Waals surface area contributed by atoms with Gasteiger partial charge in [0.15, 0.2) is 0 Å². The molecule has 6 heteroatoms. The van der Waals surface area contributed by atoms with E-state index in [1.54, 1.807) is 19.2 Å². The Bertz CT molecular complexity index is 513.